The van der Waals surface area contributed by atoms with Crippen molar-refractivity contribution in [3.05, 3.63) is 16.5 Å². The van der Waals surface area contributed by atoms with Crippen molar-refractivity contribution < 1.29 is 0 Å². The van der Waals surface area contributed by atoms with Gasteiger partial charge in [-0.15, -0.1) is 0 Å². The molecule has 5 nitrogen and oxygen atoms in total. The molecule has 0 spiro atoms. The van der Waals surface area contributed by atoms with E-state index in [1.54, 1.807) is 0 Å². The van der Waals surface area contributed by atoms with E-state index in [-0.39, 0.29) is 0 Å². The van der Waals surface area contributed by atoms with E-state index < -0.39 is 0 Å². The molecule has 0 aliphatic carbocycles. The molecule has 0 bridgehead atoms. The number of nitrogens with zero attached hydrogens (tertiary/aromatic N) is 4. The number of halogens is 1. The van der Waals surface area contributed by atoms with Crippen molar-refractivity contribution >= 4 is 17.4 Å². The Morgan fingerprint density at radius 2 is 1.90 bits per heavy atom. The lowest BCUT2D eigenvalue weighted by atomic mass is 10.2. The highest BCUT2D eigenvalue weighted by molar-refractivity contribution is 6.30. The van der Waals surface area contributed by atoms with Gasteiger partial charge in [0.15, 0.2) is 0 Å². The van der Waals surface area contributed by atoms with Crippen LogP contribution >= 0.6 is 11.6 Å². The molecule has 0 radical (unpaired) electrons. The maximum atomic E-state index is 6.21. The van der Waals surface area contributed by atoms with Crippen molar-refractivity contribution in [1.82, 2.24) is 19.8 Å². The summed E-state index contributed by atoms with van der Waals surface area (Å²) in [5.74, 6) is 1.60. The van der Waals surface area contributed by atoms with Gasteiger partial charge in [0.2, 0.25) is 0 Å². The first-order chi connectivity index (χ1) is 10.0. The fourth-order valence-corrected chi connectivity index (χ4v) is 3.00. The third-order valence-electron chi connectivity index (χ3n) is 4.15. The third-order valence-corrected chi connectivity index (χ3v) is 4.46. The van der Waals surface area contributed by atoms with E-state index in [1.165, 1.54) is 0 Å². The summed E-state index contributed by atoms with van der Waals surface area (Å²) in [5, 5.41) is 4.03. The first-order valence-electron chi connectivity index (χ1n) is 7.70. The quantitative estimate of drug-likeness (QED) is 0.843. The van der Waals surface area contributed by atoms with E-state index in [1.807, 2.05) is 6.92 Å². The highest BCUT2D eigenvalue weighted by Gasteiger charge is 2.19. The molecule has 2 rings (SSSR count). The number of hydrogen-bond acceptors (Lipinski definition) is 5. The summed E-state index contributed by atoms with van der Waals surface area (Å²) >= 11 is 6.21. The van der Waals surface area contributed by atoms with Gasteiger partial charge < -0.3 is 10.2 Å². The highest BCUT2D eigenvalue weighted by Crippen LogP contribution is 2.21. The van der Waals surface area contributed by atoms with Gasteiger partial charge in [0.1, 0.15) is 16.8 Å². The highest BCUT2D eigenvalue weighted by atomic mass is 35.5. The predicted octanol–water partition coefficient (Wildman–Crippen LogP) is 2.05. The summed E-state index contributed by atoms with van der Waals surface area (Å²) in [6, 6.07) is 0.484. The van der Waals surface area contributed by atoms with Crippen LogP contribution in [0.4, 0.5) is 5.82 Å². The molecule has 6 heteroatoms. The molecular weight excluding hydrogens is 286 g/mol. The van der Waals surface area contributed by atoms with Gasteiger partial charge in [0.05, 0.1) is 0 Å². The van der Waals surface area contributed by atoms with Gasteiger partial charge in [0.25, 0.3) is 0 Å². The van der Waals surface area contributed by atoms with Crippen molar-refractivity contribution in [2.45, 2.75) is 33.2 Å². The van der Waals surface area contributed by atoms with Crippen LogP contribution in [-0.2, 0) is 6.42 Å². The monoisotopic (exact) mass is 311 g/mol. The lowest BCUT2D eigenvalue weighted by Gasteiger charge is -2.36. The van der Waals surface area contributed by atoms with E-state index >= 15 is 0 Å². The Kier molecular flexibility index (Phi) is 5.79. The van der Waals surface area contributed by atoms with Crippen LogP contribution in [0.3, 0.4) is 0 Å². The Bertz CT molecular complexity index is 471. The van der Waals surface area contributed by atoms with Crippen LogP contribution in [0.15, 0.2) is 0 Å². The lowest BCUT2D eigenvalue weighted by molar-refractivity contribution is 0.123. The van der Waals surface area contributed by atoms with E-state index in [2.05, 4.69) is 46.0 Å². The molecule has 0 unspecified atom stereocenters. The number of aryl methyl sites for hydroxylation is 1. The molecule has 0 saturated carbocycles. The number of rotatable bonds is 5. The molecule has 1 aliphatic heterocycles. The second-order valence-electron chi connectivity index (χ2n) is 5.81. The molecular formula is C15H26ClN5. The zero-order chi connectivity index (χ0) is 15.4. The summed E-state index contributed by atoms with van der Waals surface area (Å²) in [5.41, 5.74) is 1.01. The van der Waals surface area contributed by atoms with Crippen molar-refractivity contribution in [2.75, 3.05) is 45.1 Å². The molecule has 0 amide bonds. The average molecular weight is 312 g/mol. The molecule has 21 heavy (non-hydrogen) atoms. The predicted molar refractivity (Wildman–Crippen MR) is 88.2 cm³/mol. The van der Waals surface area contributed by atoms with E-state index in [4.69, 9.17) is 11.6 Å². The average Bonchev–Trinajstić information content (AvgIpc) is 2.45. The Labute approximate surface area is 132 Å². The summed E-state index contributed by atoms with van der Waals surface area (Å²) < 4.78 is 0. The second-order valence-corrected chi connectivity index (χ2v) is 6.17. The van der Waals surface area contributed by atoms with Crippen LogP contribution in [-0.4, -0.2) is 65.6 Å². The lowest BCUT2D eigenvalue weighted by Crippen LogP contribution is -2.50. The van der Waals surface area contributed by atoms with Crippen LogP contribution in [0.5, 0.6) is 0 Å². The van der Waals surface area contributed by atoms with E-state index in [0.29, 0.717) is 17.0 Å². The molecule has 118 valence electrons. The summed E-state index contributed by atoms with van der Waals surface area (Å²) in [6.07, 6.45) is 0.838. The van der Waals surface area contributed by atoms with Crippen molar-refractivity contribution in [1.29, 1.82) is 0 Å². The molecule has 1 aromatic rings. The van der Waals surface area contributed by atoms with E-state index in [0.717, 1.165) is 50.5 Å². The van der Waals surface area contributed by atoms with Gasteiger partial charge in [-0.2, -0.15) is 0 Å². The van der Waals surface area contributed by atoms with Crippen LogP contribution < -0.4 is 5.32 Å². The van der Waals surface area contributed by atoms with Crippen LogP contribution in [0, 0.1) is 6.92 Å². The van der Waals surface area contributed by atoms with Gasteiger partial charge in [-0.1, -0.05) is 18.5 Å². The van der Waals surface area contributed by atoms with Crippen LogP contribution in [0.25, 0.3) is 0 Å². The smallest absolute Gasteiger partial charge is 0.138 e. The van der Waals surface area contributed by atoms with Crippen LogP contribution in [0.2, 0.25) is 5.15 Å². The third kappa shape index (κ3) is 4.28. The first-order valence-corrected chi connectivity index (χ1v) is 8.08. The van der Waals surface area contributed by atoms with Gasteiger partial charge in [-0.25, -0.2) is 9.97 Å². The minimum atomic E-state index is 0.484. The number of hydrogen-bond donors (Lipinski definition) is 1. The molecule has 1 fully saturated rings. The van der Waals surface area contributed by atoms with Crippen molar-refractivity contribution in [2.24, 2.45) is 0 Å². The SMILES string of the molecule is CCc1c(Cl)nc(C)nc1NC[C@H](C)N1CCN(C)CC1. The van der Waals surface area contributed by atoms with Gasteiger partial charge in [-0.05, 0) is 27.3 Å². The maximum Gasteiger partial charge on any atom is 0.138 e. The number of aromatic nitrogens is 2. The zero-order valence-corrected chi connectivity index (χ0v) is 14.2. The zero-order valence-electron chi connectivity index (χ0n) is 13.5. The van der Waals surface area contributed by atoms with Crippen molar-refractivity contribution in [3.63, 3.8) is 0 Å². The summed E-state index contributed by atoms with van der Waals surface area (Å²) in [6.45, 7) is 11.6. The molecule has 1 atom stereocenters. The molecule has 1 aliphatic rings. The summed E-state index contributed by atoms with van der Waals surface area (Å²) in [7, 11) is 2.18. The Hall–Kier alpha value is -0.910. The molecule has 0 aromatic carbocycles. The maximum absolute atomic E-state index is 6.21. The Balaban J connectivity index is 1.96. The van der Waals surface area contributed by atoms with Crippen LogP contribution in [0.1, 0.15) is 25.2 Å². The van der Waals surface area contributed by atoms with Gasteiger partial charge in [0, 0.05) is 44.3 Å². The van der Waals surface area contributed by atoms with Gasteiger partial charge >= 0.3 is 0 Å². The largest absolute Gasteiger partial charge is 0.368 e. The molecule has 1 N–H and O–H groups in total. The molecule has 2 heterocycles. The number of piperazine rings is 1. The Morgan fingerprint density at radius 3 is 2.52 bits per heavy atom. The fraction of sp³-hybridized carbons (Fsp3) is 0.733. The minimum absolute atomic E-state index is 0.484. The summed E-state index contributed by atoms with van der Waals surface area (Å²) in [4.78, 5) is 13.6. The Morgan fingerprint density at radius 1 is 1.24 bits per heavy atom. The standard InChI is InChI=1S/C15H26ClN5/c1-5-13-14(16)18-12(3)19-15(13)17-10-11(2)21-8-6-20(4)7-9-21/h11H,5-10H2,1-4H3,(H,17,18,19)/t11-/m0/s1. The number of nitrogens with one attached hydrogen (secondary N) is 1. The van der Waals surface area contributed by atoms with E-state index in [9.17, 15) is 0 Å². The molecule has 1 saturated heterocycles. The molecule has 1 aromatic heterocycles. The number of anilines is 1. The normalized spacial score (nSPS) is 18.7. The van der Waals surface area contributed by atoms with Crippen molar-refractivity contribution in [3.8, 4) is 0 Å². The van der Waals surface area contributed by atoms with Gasteiger partial charge in [-0.3, -0.25) is 4.90 Å². The topological polar surface area (TPSA) is 44.3 Å². The minimum Gasteiger partial charge on any atom is -0.368 e. The number of likely N-dealkylation sites (N-methyl/N-ethyl adjacent to an activating group) is 1. The fourth-order valence-electron chi connectivity index (χ4n) is 2.66. The first kappa shape index (κ1) is 16.5. The second kappa shape index (κ2) is 7.38.